The monoisotopic (exact) mass is 330 g/mol. The van der Waals surface area contributed by atoms with Crippen molar-refractivity contribution in [2.75, 3.05) is 26.2 Å². The van der Waals surface area contributed by atoms with E-state index in [-0.39, 0.29) is 11.9 Å². The van der Waals surface area contributed by atoms with Gasteiger partial charge in [0.25, 0.3) is 0 Å². The minimum absolute atomic E-state index is 0.178. The fourth-order valence-corrected chi connectivity index (χ4v) is 3.29. The van der Waals surface area contributed by atoms with Crippen LogP contribution in [0, 0.1) is 6.92 Å². The Labute approximate surface area is 143 Å². The third kappa shape index (κ3) is 3.87. The number of aromatic nitrogens is 2. The van der Waals surface area contributed by atoms with E-state index < -0.39 is 0 Å². The third-order valence-electron chi connectivity index (χ3n) is 4.59. The van der Waals surface area contributed by atoms with Gasteiger partial charge in [0, 0.05) is 38.6 Å². The molecule has 130 valence electrons. The minimum Gasteiger partial charge on any atom is -0.465 e. The lowest BCUT2D eigenvalue weighted by Crippen LogP contribution is -2.39. The van der Waals surface area contributed by atoms with Crippen molar-refractivity contribution < 1.29 is 9.21 Å². The molecule has 3 heterocycles. The van der Waals surface area contributed by atoms with Crippen LogP contribution in [0.3, 0.4) is 0 Å². The van der Waals surface area contributed by atoms with E-state index >= 15 is 0 Å². The van der Waals surface area contributed by atoms with Crippen molar-refractivity contribution in [3.05, 3.63) is 42.1 Å². The molecular weight excluding hydrogens is 304 g/mol. The number of furan rings is 1. The van der Waals surface area contributed by atoms with Crippen LogP contribution in [0.5, 0.6) is 0 Å². The Morgan fingerprint density at radius 2 is 2.17 bits per heavy atom. The summed E-state index contributed by atoms with van der Waals surface area (Å²) in [6, 6.07) is 5.71. The Morgan fingerprint density at radius 3 is 2.83 bits per heavy atom. The lowest BCUT2D eigenvalue weighted by Gasteiger charge is -2.26. The van der Waals surface area contributed by atoms with Gasteiger partial charge in [-0.15, -0.1) is 0 Å². The van der Waals surface area contributed by atoms with Crippen molar-refractivity contribution in [1.29, 1.82) is 0 Å². The van der Waals surface area contributed by atoms with Gasteiger partial charge in [-0.05, 0) is 38.0 Å². The number of hydrogen-bond donors (Lipinski definition) is 0. The Hall–Kier alpha value is -2.08. The van der Waals surface area contributed by atoms with E-state index in [4.69, 9.17) is 4.42 Å². The Kier molecular flexibility index (Phi) is 5.35. The summed E-state index contributed by atoms with van der Waals surface area (Å²) in [6.45, 7) is 8.25. The lowest BCUT2D eigenvalue weighted by molar-refractivity contribution is -0.135. The SMILES string of the molecule is CCC(C(=O)N1CCCN(Cc2ccc(C)o2)CC1)n1cccn1. The van der Waals surface area contributed by atoms with Crippen LogP contribution in [0.25, 0.3) is 0 Å². The van der Waals surface area contributed by atoms with Crippen molar-refractivity contribution in [2.24, 2.45) is 0 Å². The molecule has 24 heavy (non-hydrogen) atoms. The first-order valence-electron chi connectivity index (χ1n) is 8.73. The van der Waals surface area contributed by atoms with E-state index in [1.807, 2.05) is 43.1 Å². The molecule has 2 aromatic heterocycles. The molecule has 0 N–H and O–H groups in total. The number of nitrogens with zero attached hydrogens (tertiary/aromatic N) is 4. The fourth-order valence-electron chi connectivity index (χ4n) is 3.29. The van der Waals surface area contributed by atoms with Crippen LogP contribution >= 0.6 is 0 Å². The van der Waals surface area contributed by atoms with Crippen molar-refractivity contribution in [2.45, 2.75) is 39.3 Å². The smallest absolute Gasteiger partial charge is 0.247 e. The maximum Gasteiger partial charge on any atom is 0.247 e. The normalized spacial score (nSPS) is 17.7. The molecule has 1 aliphatic rings. The molecule has 0 saturated carbocycles. The third-order valence-corrected chi connectivity index (χ3v) is 4.59. The highest BCUT2D eigenvalue weighted by Crippen LogP contribution is 2.17. The number of carbonyl (C=O) groups excluding carboxylic acids is 1. The predicted molar refractivity (Wildman–Crippen MR) is 91.5 cm³/mol. The van der Waals surface area contributed by atoms with Crippen LogP contribution in [0.1, 0.15) is 37.3 Å². The zero-order valence-electron chi connectivity index (χ0n) is 14.5. The second-order valence-electron chi connectivity index (χ2n) is 6.38. The van der Waals surface area contributed by atoms with E-state index in [1.54, 1.807) is 10.9 Å². The lowest BCUT2D eigenvalue weighted by atomic mass is 10.2. The van der Waals surface area contributed by atoms with Crippen LogP contribution in [-0.4, -0.2) is 51.7 Å². The maximum atomic E-state index is 12.9. The predicted octanol–water partition coefficient (Wildman–Crippen LogP) is 2.47. The van der Waals surface area contributed by atoms with Gasteiger partial charge in [-0.2, -0.15) is 5.10 Å². The quantitative estimate of drug-likeness (QED) is 0.845. The highest BCUT2D eigenvalue weighted by molar-refractivity contribution is 5.80. The Bertz CT molecular complexity index is 650. The summed E-state index contributed by atoms with van der Waals surface area (Å²) in [7, 11) is 0. The van der Waals surface area contributed by atoms with Crippen LogP contribution in [0.15, 0.2) is 35.0 Å². The molecule has 3 rings (SSSR count). The zero-order chi connectivity index (χ0) is 16.9. The summed E-state index contributed by atoms with van der Waals surface area (Å²) in [5.41, 5.74) is 0. The summed E-state index contributed by atoms with van der Waals surface area (Å²) >= 11 is 0. The molecule has 0 aromatic carbocycles. The Morgan fingerprint density at radius 1 is 1.29 bits per heavy atom. The van der Waals surface area contributed by atoms with Crippen molar-refractivity contribution >= 4 is 5.91 Å². The molecule has 1 saturated heterocycles. The van der Waals surface area contributed by atoms with E-state index in [0.717, 1.165) is 57.1 Å². The van der Waals surface area contributed by atoms with Gasteiger partial charge in [-0.3, -0.25) is 14.4 Å². The molecule has 0 aliphatic carbocycles. The number of amides is 1. The summed E-state index contributed by atoms with van der Waals surface area (Å²) in [6.07, 6.45) is 5.34. The van der Waals surface area contributed by atoms with Gasteiger partial charge in [-0.25, -0.2) is 0 Å². The molecule has 1 amide bonds. The van der Waals surface area contributed by atoms with Gasteiger partial charge in [0.1, 0.15) is 17.6 Å². The van der Waals surface area contributed by atoms with Crippen LogP contribution in [-0.2, 0) is 11.3 Å². The highest BCUT2D eigenvalue weighted by atomic mass is 16.3. The van der Waals surface area contributed by atoms with E-state index in [2.05, 4.69) is 10.00 Å². The van der Waals surface area contributed by atoms with Crippen LogP contribution < -0.4 is 0 Å². The number of carbonyl (C=O) groups is 1. The molecular formula is C18H26N4O2. The molecule has 1 aliphatic heterocycles. The molecule has 0 radical (unpaired) electrons. The van der Waals surface area contributed by atoms with Crippen molar-refractivity contribution in [3.63, 3.8) is 0 Å². The summed E-state index contributed by atoms with van der Waals surface area (Å²) in [4.78, 5) is 17.2. The fraction of sp³-hybridized carbons (Fsp3) is 0.556. The molecule has 1 fully saturated rings. The number of aryl methyl sites for hydroxylation is 1. The van der Waals surface area contributed by atoms with Crippen LogP contribution in [0.2, 0.25) is 0 Å². The summed E-state index contributed by atoms with van der Waals surface area (Å²) in [5, 5.41) is 4.25. The first kappa shape index (κ1) is 16.8. The average molecular weight is 330 g/mol. The van der Waals surface area contributed by atoms with Crippen LogP contribution in [0.4, 0.5) is 0 Å². The molecule has 2 aromatic rings. The van der Waals surface area contributed by atoms with Gasteiger partial charge in [0.15, 0.2) is 0 Å². The summed E-state index contributed by atoms with van der Waals surface area (Å²) < 4.78 is 7.45. The molecule has 6 nitrogen and oxygen atoms in total. The minimum atomic E-state index is -0.195. The molecule has 1 unspecified atom stereocenters. The first-order chi connectivity index (χ1) is 11.7. The standard InChI is InChI=1S/C18H26N4O2/c1-3-17(22-11-4-8-19-22)18(23)21-10-5-9-20(12-13-21)14-16-7-6-15(2)24-16/h4,6-8,11,17H,3,5,9-10,12-14H2,1-2H3. The largest absolute Gasteiger partial charge is 0.465 e. The van der Waals surface area contributed by atoms with Crippen molar-refractivity contribution in [1.82, 2.24) is 19.6 Å². The first-order valence-corrected chi connectivity index (χ1v) is 8.73. The second-order valence-corrected chi connectivity index (χ2v) is 6.38. The topological polar surface area (TPSA) is 54.5 Å². The highest BCUT2D eigenvalue weighted by Gasteiger charge is 2.26. The summed E-state index contributed by atoms with van der Waals surface area (Å²) in [5.74, 6) is 2.12. The molecule has 0 spiro atoms. The van der Waals surface area contributed by atoms with E-state index in [0.29, 0.717) is 0 Å². The average Bonchev–Trinajstić information content (AvgIpc) is 3.17. The van der Waals surface area contributed by atoms with E-state index in [9.17, 15) is 4.79 Å². The second kappa shape index (κ2) is 7.66. The van der Waals surface area contributed by atoms with E-state index in [1.165, 1.54) is 0 Å². The zero-order valence-corrected chi connectivity index (χ0v) is 14.5. The van der Waals surface area contributed by atoms with Gasteiger partial charge in [-0.1, -0.05) is 6.92 Å². The van der Waals surface area contributed by atoms with Crippen molar-refractivity contribution in [3.8, 4) is 0 Å². The maximum absolute atomic E-state index is 12.9. The van der Waals surface area contributed by atoms with Gasteiger partial charge >= 0.3 is 0 Å². The number of rotatable bonds is 5. The number of hydrogen-bond acceptors (Lipinski definition) is 4. The Balaban J connectivity index is 1.59. The van der Waals surface area contributed by atoms with Gasteiger partial charge in [0.2, 0.25) is 5.91 Å². The molecule has 1 atom stereocenters. The molecule has 0 bridgehead atoms. The molecule has 6 heteroatoms. The van der Waals surface area contributed by atoms with Gasteiger partial charge in [0.05, 0.1) is 6.54 Å². The van der Waals surface area contributed by atoms with Gasteiger partial charge < -0.3 is 9.32 Å².